The molecule has 0 atom stereocenters. The topological polar surface area (TPSA) is 61.6 Å². The molecule has 2 aromatic rings. The van der Waals surface area contributed by atoms with Gasteiger partial charge in [0.1, 0.15) is 5.82 Å². The summed E-state index contributed by atoms with van der Waals surface area (Å²) >= 11 is 0. The van der Waals surface area contributed by atoms with Crippen LogP contribution < -0.4 is 4.90 Å². The molecule has 0 bridgehead atoms. The molecular weight excluding hydrogens is 328 g/mol. The number of aliphatic hydroxyl groups excluding tert-OH is 1. The third kappa shape index (κ3) is 2.93. The zero-order valence-corrected chi connectivity index (χ0v) is 15.3. The number of rotatable bonds is 4. The first-order valence-electron chi connectivity index (χ1n) is 9.32. The summed E-state index contributed by atoms with van der Waals surface area (Å²) in [7, 11) is 2.03. The highest BCUT2D eigenvalue weighted by Crippen LogP contribution is 2.46. The molecule has 0 unspecified atom stereocenters. The van der Waals surface area contributed by atoms with Gasteiger partial charge in [-0.3, -0.25) is 9.69 Å². The van der Waals surface area contributed by atoms with Crippen LogP contribution in [0.25, 0.3) is 0 Å². The van der Waals surface area contributed by atoms with Crippen LogP contribution in [-0.4, -0.2) is 51.7 Å². The van der Waals surface area contributed by atoms with Gasteiger partial charge in [0.25, 0.3) is 0 Å². The van der Waals surface area contributed by atoms with Crippen molar-refractivity contribution in [1.29, 1.82) is 0 Å². The quantitative estimate of drug-likeness (QED) is 0.908. The minimum Gasteiger partial charge on any atom is -0.395 e. The van der Waals surface area contributed by atoms with E-state index in [0.29, 0.717) is 13.0 Å². The van der Waals surface area contributed by atoms with E-state index in [-0.39, 0.29) is 17.9 Å². The molecule has 1 fully saturated rings. The summed E-state index contributed by atoms with van der Waals surface area (Å²) in [5, 5.41) is 9.33. The number of likely N-dealkylation sites (tertiary alicyclic amines) is 1. The van der Waals surface area contributed by atoms with E-state index in [1.807, 2.05) is 31.6 Å². The number of hydrogen-bond donors (Lipinski definition) is 1. The summed E-state index contributed by atoms with van der Waals surface area (Å²) in [5.41, 5.74) is 2.18. The second-order valence-electron chi connectivity index (χ2n) is 7.47. The molecule has 6 heteroatoms. The number of piperidine rings is 1. The normalized spacial score (nSPS) is 19.8. The number of para-hydroxylation sites is 1. The minimum absolute atomic E-state index is 0.00941. The molecule has 1 saturated heterocycles. The van der Waals surface area contributed by atoms with Crippen molar-refractivity contribution in [2.24, 2.45) is 7.05 Å². The number of aliphatic hydroxyl groups is 1. The van der Waals surface area contributed by atoms with Crippen LogP contribution in [0.1, 0.15) is 30.7 Å². The van der Waals surface area contributed by atoms with Crippen LogP contribution in [0.4, 0.5) is 5.69 Å². The van der Waals surface area contributed by atoms with Crippen molar-refractivity contribution < 1.29 is 9.90 Å². The molecule has 1 aromatic carbocycles. The van der Waals surface area contributed by atoms with Gasteiger partial charge in [-0.2, -0.15) is 0 Å². The number of imidazole rings is 1. The monoisotopic (exact) mass is 354 g/mol. The van der Waals surface area contributed by atoms with E-state index in [4.69, 9.17) is 0 Å². The number of benzene rings is 1. The lowest BCUT2D eigenvalue weighted by molar-refractivity contribution is -0.121. The Kier molecular flexibility index (Phi) is 4.54. The largest absolute Gasteiger partial charge is 0.395 e. The average Bonchev–Trinajstić information content (AvgIpc) is 3.05. The van der Waals surface area contributed by atoms with Gasteiger partial charge in [-0.15, -0.1) is 0 Å². The van der Waals surface area contributed by atoms with Crippen LogP contribution >= 0.6 is 0 Å². The Morgan fingerprint density at radius 2 is 2.00 bits per heavy atom. The van der Waals surface area contributed by atoms with Crippen LogP contribution in [0.2, 0.25) is 0 Å². The van der Waals surface area contributed by atoms with E-state index < -0.39 is 0 Å². The summed E-state index contributed by atoms with van der Waals surface area (Å²) in [6, 6.07) is 8.23. The van der Waals surface area contributed by atoms with Gasteiger partial charge in [0.05, 0.1) is 13.2 Å². The number of carbonyl (C=O) groups is 1. The molecule has 2 aliphatic rings. The molecule has 1 N–H and O–H groups in total. The SMILES string of the molecule is Cn1ccnc1CN1CCC2(CC1)CC(=O)N(CCO)c1ccccc12. The summed E-state index contributed by atoms with van der Waals surface area (Å²) in [6.07, 6.45) is 6.32. The predicted octanol–water partition coefficient (Wildman–Crippen LogP) is 1.68. The van der Waals surface area contributed by atoms with Crippen LogP contribution in [0.5, 0.6) is 0 Å². The molecular formula is C20H26N4O2. The third-order valence-electron chi connectivity index (χ3n) is 5.98. The maximum atomic E-state index is 12.8. The highest BCUT2D eigenvalue weighted by molar-refractivity contribution is 5.98. The molecule has 26 heavy (non-hydrogen) atoms. The molecule has 0 aliphatic carbocycles. The van der Waals surface area contributed by atoms with E-state index in [0.717, 1.165) is 44.0 Å². The molecule has 138 valence electrons. The van der Waals surface area contributed by atoms with Gasteiger partial charge in [-0.1, -0.05) is 18.2 Å². The van der Waals surface area contributed by atoms with Gasteiger partial charge in [-0.25, -0.2) is 4.98 Å². The zero-order valence-electron chi connectivity index (χ0n) is 15.3. The molecule has 0 radical (unpaired) electrons. The third-order valence-corrected chi connectivity index (χ3v) is 5.98. The number of carbonyl (C=O) groups excluding carboxylic acids is 1. The highest BCUT2D eigenvalue weighted by Gasteiger charge is 2.44. The molecule has 1 spiro atoms. The Morgan fingerprint density at radius 3 is 2.69 bits per heavy atom. The van der Waals surface area contributed by atoms with Crippen LogP contribution in [0, 0.1) is 0 Å². The van der Waals surface area contributed by atoms with E-state index in [9.17, 15) is 9.90 Å². The summed E-state index contributed by atoms with van der Waals surface area (Å²) < 4.78 is 2.07. The number of nitrogens with zero attached hydrogens (tertiary/aromatic N) is 4. The fourth-order valence-electron chi connectivity index (χ4n) is 4.45. The Morgan fingerprint density at radius 1 is 1.23 bits per heavy atom. The number of hydrogen-bond acceptors (Lipinski definition) is 4. The number of aryl methyl sites for hydroxylation is 1. The molecule has 2 aliphatic heterocycles. The molecule has 6 nitrogen and oxygen atoms in total. The lowest BCUT2D eigenvalue weighted by atomic mass is 9.67. The van der Waals surface area contributed by atoms with Gasteiger partial charge in [0.15, 0.2) is 0 Å². The fourth-order valence-corrected chi connectivity index (χ4v) is 4.45. The Labute approximate surface area is 154 Å². The average molecular weight is 354 g/mol. The Bertz CT molecular complexity index is 793. The van der Waals surface area contributed by atoms with E-state index in [1.54, 1.807) is 4.90 Å². The van der Waals surface area contributed by atoms with Crippen molar-refractivity contribution in [2.75, 3.05) is 31.1 Å². The lowest BCUT2D eigenvalue weighted by Crippen LogP contribution is -2.50. The summed E-state index contributed by atoms with van der Waals surface area (Å²) in [4.78, 5) is 21.4. The number of aromatic nitrogens is 2. The lowest BCUT2D eigenvalue weighted by Gasteiger charge is -2.47. The van der Waals surface area contributed by atoms with Gasteiger partial charge in [-0.05, 0) is 37.6 Å². The first kappa shape index (κ1) is 17.2. The maximum absolute atomic E-state index is 12.8. The first-order valence-corrected chi connectivity index (χ1v) is 9.32. The fraction of sp³-hybridized carbons (Fsp3) is 0.500. The van der Waals surface area contributed by atoms with E-state index in [1.165, 1.54) is 5.56 Å². The predicted molar refractivity (Wildman–Crippen MR) is 99.9 cm³/mol. The second kappa shape index (κ2) is 6.85. The molecule has 4 rings (SSSR count). The van der Waals surface area contributed by atoms with Gasteiger partial charge in [0.2, 0.25) is 5.91 Å². The smallest absolute Gasteiger partial charge is 0.227 e. The van der Waals surface area contributed by atoms with Gasteiger partial charge >= 0.3 is 0 Å². The van der Waals surface area contributed by atoms with Crippen molar-refractivity contribution in [3.8, 4) is 0 Å². The molecule has 1 amide bonds. The number of amides is 1. The number of β-amino-alcohol motifs (C(OH)–C–C–N with tert-alkyl or cyclic N) is 1. The first-order chi connectivity index (χ1) is 12.6. The van der Waals surface area contributed by atoms with Crippen molar-refractivity contribution in [3.05, 3.63) is 48.0 Å². The van der Waals surface area contributed by atoms with Crippen molar-refractivity contribution in [1.82, 2.24) is 14.5 Å². The van der Waals surface area contributed by atoms with Crippen molar-refractivity contribution >= 4 is 11.6 Å². The Balaban J connectivity index is 1.55. The van der Waals surface area contributed by atoms with Gasteiger partial charge < -0.3 is 14.6 Å². The van der Waals surface area contributed by atoms with Crippen molar-refractivity contribution in [3.63, 3.8) is 0 Å². The number of anilines is 1. The number of fused-ring (bicyclic) bond motifs is 2. The molecule has 0 saturated carbocycles. The van der Waals surface area contributed by atoms with Crippen LogP contribution in [0.3, 0.4) is 0 Å². The maximum Gasteiger partial charge on any atom is 0.227 e. The Hall–Kier alpha value is -2.18. The second-order valence-corrected chi connectivity index (χ2v) is 7.47. The zero-order chi connectivity index (χ0) is 18.1. The van der Waals surface area contributed by atoms with Crippen molar-refractivity contribution in [2.45, 2.75) is 31.2 Å². The minimum atomic E-state index is -0.0717. The van der Waals surface area contributed by atoms with E-state index in [2.05, 4.69) is 26.6 Å². The van der Waals surface area contributed by atoms with Crippen LogP contribution in [-0.2, 0) is 23.8 Å². The van der Waals surface area contributed by atoms with Crippen LogP contribution in [0.15, 0.2) is 36.7 Å². The van der Waals surface area contributed by atoms with E-state index >= 15 is 0 Å². The highest BCUT2D eigenvalue weighted by atomic mass is 16.3. The summed E-state index contributed by atoms with van der Waals surface area (Å²) in [6.45, 7) is 3.15. The van der Waals surface area contributed by atoms with Gasteiger partial charge in [0, 0.05) is 43.5 Å². The summed E-state index contributed by atoms with van der Waals surface area (Å²) in [5.74, 6) is 1.21. The standard InChI is InChI=1S/C20H26N4O2/c1-22-11-8-21-18(22)15-23-9-6-20(7-10-23)14-19(26)24(12-13-25)17-5-3-2-4-16(17)20/h2-5,8,11,25H,6-7,9-10,12-15H2,1H3. The molecule has 1 aromatic heterocycles. The molecule has 3 heterocycles.